The standard InChI is InChI=1S/C23H28F3N3O3/c1-5-32-21(31)18-14-19(22(2,3)4)29(27-18)15-10-12-28(13-11-15)20(30)16-8-6-7-9-17(16)23(24,25)26/h6-9,14-15H,5,10-13H2,1-4H3. The smallest absolute Gasteiger partial charge is 0.417 e. The van der Waals surface area contributed by atoms with Gasteiger partial charge >= 0.3 is 12.1 Å². The van der Waals surface area contributed by atoms with E-state index >= 15 is 0 Å². The Kier molecular flexibility index (Phi) is 6.67. The molecular weight excluding hydrogens is 423 g/mol. The summed E-state index contributed by atoms with van der Waals surface area (Å²) in [5.74, 6) is -1.12. The van der Waals surface area contributed by atoms with E-state index in [0.29, 0.717) is 25.9 Å². The third-order valence-electron chi connectivity index (χ3n) is 5.55. The highest BCUT2D eigenvalue weighted by molar-refractivity contribution is 5.96. The van der Waals surface area contributed by atoms with Gasteiger partial charge in [0.15, 0.2) is 5.69 Å². The molecule has 0 N–H and O–H groups in total. The molecule has 1 aliphatic heterocycles. The van der Waals surface area contributed by atoms with Crippen LogP contribution in [0.4, 0.5) is 13.2 Å². The van der Waals surface area contributed by atoms with Gasteiger partial charge in [0.05, 0.1) is 23.8 Å². The van der Waals surface area contributed by atoms with Gasteiger partial charge in [-0.15, -0.1) is 0 Å². The lowest BCUT2D eigenvalue weighted by Gasteiger charge is -2.34. The molecular formula is C23H28F3N3O3. The van der Waals surface area contributed by atoms with Crippen LogP contribution >= 0.6 is 0 Å². The number of likely N-dealkylation sites (tertiary alicyclic amines) is 1. The molecule has 9 heteroatoms. The molecule has 3 rings (SSSR count). The summed E-state index contributed by atoms with van der Waals surface area (Å²) in [6.07, 6.45) is -3.55. The molecule has 2 aromatic rings. The molecule has 0 atom stereocenters. The Morgan fingerprint density at radius 3 is 2.31 bits per heavy atom. The number of hydrogen-bond donors (Lipinski definition) is 0. The van der Waals surface area contributed by atoms with Crippen LogP contribution in [-0.4, -0.2) is 46.3 Å². The summed E-state index contributed by atoms with van der Waals surface area (Å²) in [5, 5.41) is 4.48. The lowest BCUT2D eigenvalue weighted by Crippen LogP contribution is -2.40. The number of piperidine rings is 1. The van der Waals surface area contributed by atoms with Crippen LogP contribution in [0, 0.1) is 0 Å². The normalized spacial score (nSPS) is 15.7. The van der Waals surface area contributed by atoms with Crippen molar-refractivity contribution in [2.24, 2.45) is 0 Å². The summed E-state index contributed by atoms with van der Waals surface area (Å²) in [5.41, 5.74) is -0.441. The minimum atomic E-state index is -4.59. The van der Waals surface area contributed by atoms with Gasteiger partial charge < -0.3 is 9.64 Å². The van der Waals surface area contributed by atoms with Gasteiger partial charge in [0.1, 0.15) is 0 Å². The van der Waals surface area contributed by atoms with Crippen molar-refractivity contribution in [2.45, 2.75) is 58.2 Å². The molecule has 1 amide bonds. The maximum Gasteiger partial charge on any atom is 0.417 e. The summed E-state index contributed by atoms with van der Waals surface area (Å²) in [6, 6.07) is 6.51. The van der Waals surface area contributed by atoms with Crippen LogP contribution in [0.3, 0.4) is 0 Å². The van der Waals surface area contributed by atoms with Gasteiger partial charge in [0, 0.05) is 24.2 Å². The number of esters is 1. The van der Waals surface area contributed by atoms with Crippen molar-refractivity contribution in [3.05, 3.63) is 52.8 Å². The van der Waals surface area contributed by atoms with Crippen LogP contribution in [0.5, 0.6) is 0 Å². The monoisotopic (exact) mass is 451 g/mol. The fraction of sp³-hybridized carbons (Fsp3) is 0.522. The van der Waals surface area contributed by atoms with Crippen molar-refractivity contribution in [3.8, 4) is 0 Å². The topological polar surface area (TPSA) is 64.4 Å². The summed E-state index contributed by atoms with van der Waals surface area (Å²) in [4.78, 5) is 26.5. The van der Waals surface area contributed by atoms with E-state index in [1.54, 1.807) is 13.0 Å². The average molecular weight is 451 g/mol. The highest BCUT2D eigenvalue weighted by Gasteiger charge is 2.37. The molecule has 0 spiro atoms. The molecule has 32 heavy (non-hydrogen) atoms. The number of amides is 1. The van der Waals surface area contributed by atoms with Crippen molar-refractivity contribution >= 4 is 11.9 Å². The first kappa shape index (κ1) is 23.8. The number of benzene rings is 1. The highest BCUT2D eigenvalue weighted by atomic mass is 19.4. The van der Waals surface area contributed by atoms with Gasteiger partial charge in [-0.25, -0.2) is 4.79 Å². The molecule has 0 radical (unpaired) electrons. The highest BCUT2D eigenvalue weighted by Crippen LogP contribution is 2.34. The first-order valence-electron chi connectivity index (χ1n) is 10.7. The Balaban J connectivity index is 1.79. The molecule has 2 heterocycles. The maximum absolute atomic E-state index is 13.3. The van der Waals surface area contributed by atoms with Gasteiger partial charge in [-0.3, -0.25) is 9.48 Å². The van der Waals surface area contributed by atoms with E-state index in [-0.39, 0.29) is 29.3 Å². The van der Waals surface area contributed by atoms with E-state index in [4.69, 9.17) is 4.74 Å². The Morgan fingerprint density at radius 1 is 1.12 bits per heavy atom. The Morgan fingerprint density at radius 2 is 1.75 bits per heavy atom. The molecule has 1 fully saturated rings. The molecule has 1 aromatic heterocycles. The van der Waals surface area contributed by atoms with Crippen molar-refractivity contribution in [1.82, 2.24) is 14.7 Å². The molecule has 0 unspecified atom stereocenters. The molecule has 174 valence electrons. The lowest BCUT2D eigenvalue weighted by molar-refractivity contribution is -0.138. The number of rotatable bonds is 4. The minimum Gasteiger partial charge on any atom is -0.461 e. The third kappa shape index (κ3) is 4.97. The molecule has 0 saturated carbocycles. The molecule has 1 aliphatic rings. The summed E-state index contributed by atoms with van der Waals surface area (Å²) in [7, 11) is 0. The van der Waals surface area contributed by atoms with E-state index < -0.39 is 23.6 Å². The number of alkyl halides is 3. The van der Waals surface area contributed by atoms with Crippen LogP contribution in [0.25, 0.3) is 0 Å². The first-order chi connectivity index (χ1) is 14.9. The van der Waals surface area contributed by atoms with E-state index in [1.807, 2.05) is 25.5 Å². The van der Waals surface area contributed by atoms with Crippen LogP contribution in [0.15, 0.2) is 30.3 Å². The third-order valence-corrected chi connectivity index (χ3v) is 5.55. The van der Waals surface area contributed by atoms with E-state index in [0.717, 1.165) is 11.8 Å². The number of nitrogens with zero attached hydrogens (tertiary/aromatic N) is 3. The van der Waals surface area contributed by atoms with Gasteiger partial charge in [0.2, 0.25) is 0 Å². The van der Waals surface area contributed by atoms with Gasteiger partial charge in [-0.05, 0) is 38.0 Å². The lowest BCUT2D eigenvalue weighted by atomic mass is 9.91. The number of carbonyl (C=O) groups is 2. The molecule has 1 saturated heterocycles. The SMILES string of the molecule is CCOC(=O)c1cc(C(C)(C)C)n(C2CCN(C(=O)c3ccccc3C(F)(F)F)CC2)n1. The molecule has 0 aliphatic carbocycles. The van der Waals surface area contributed by atoms with E-state index in [1.165, 1.54) is 23.1 Å². The summed E-state index contributed by atoms with van der Waals surface area (Å²) in [6.45, 7) is 8.62. The zero-order valence-corrected chi connectivity index (χ0v) is 18.7. The van der Waals surface area contributed by atoms with Crippen molar-refractivity contribution in [1.29, 1.82) is 0 Å². The fourth-order valence-electron chi connectivity index (χ4n) is 3.94. The quantitative estimate of drug-likeness (QED) is 0.624. The van der Waals surface area contributed by atoms with Crippen LogP contribution in [0.1, 0.15) is 78.7 Å². The average Bonchev–Trinajstić information content (AvgIpc) is 3.19. The van der Waals surface area contributed by atoms with E-state index in [2.05, 4.69) is 5.10 Å². The summed E-state index contributed by atoms with van der Waals surface area (Å²) >= 11 is 0. The largest absolute Gasteiger partial charge is 0.461 e. The minimum absolute atomic E-state index is 0.0747. The number of ether oxygens (including phenoxy) is 1. The molecule has 1 aromatic carbocycles. The maximum atomic E-state index is 13.3. The fourth-order valence-corrected chi connectivity index (χ4v) is 3.94. The predicted octanol–water partition coefficient (Wildman–Crippen LogP) is 4.85. The number of aromatic nitrogens is 2. The van der Waals surface area contributed by atoms with Crippen molar-refractivity contribution in [2.75, 3.05) is 19.7 Å². The van der Waals surface area contributed by atoms with Crippen LogP contribution in [-0.2, 0) is 16.3 Å². The molecule has 0 bridgehead atoms. The second-order valence-corrected chi connectivity index (χ2v) is 8.90. The number of halogens is 3. The second-order valence-electron chi connectivity index (χ2n) is 8.90. The van der Waals surface area contributed by atoms with Crippen molar-refractivity contribution < 1.29 is 27.5 Å². The molecule has 6 nitrogen and oxygen atoms in total. The Hall–Kier alpha value is -2.84. The predicted molar refractivity (Wildman–Crippen MR) is 113 cm³/mol. The second kappa shape index (κ2) is 8.96. The zero-order chi connectivity index (χ0) is 23.7. The Bertz CT molecular complexity index is 984. The van der Waals surface area contributed by atoms with Crippen molar-refractivity contribution in [3.63, 3.8) is 0 Å². The number of carbonyl (C=O) groups excluding carboxylic acids is 2. The van der Waals surface area contributed by atoms with Gasteiger partial charge in [-0.2, -0.15) is 18.3 Å². The Labute approximate surface area is 185 Å². The zero-order valence-electron chi connectivity index (χ0n) is 18.7. The van der Waals surface area contributed by atoms with Gasteiger partial charge in [-0.1, -0.05) is 32.9 Å². The number of hydrogen-bond acceptors (Lipinski definition) is 4. The summed E-state index contributed by atoms with van der Waals surface area (Å²) < 4.78 is 46.8. The van der Waals surface area contributed by atoms with E-state index in [9.17, 15) is 22.8 Å². The first-order valence-corrected chi connectivity index (χ1v) is 10.7. The van der Waals surface area contributed by atoms with Gasteiger partial charge in [0.25, 0.3) is 5.91 Å². The van der Waals surface area contributed by atoms with Crippen LogP contribution < -0.4 is 0 Å². The van der Waals surface area contributed by atoms with Crippen LogP contribution in [0.2, 0.25) is 0 Å².